The summed E-state index contributed by atoms with van der Waals surface area (Å²) in [6.45, 7) is 3.81. The number of alkyl halides is 3. The number of benzene rings is 1. The van der Waals surface area contributed by atoms with Gasteiger partial charge in [-0.1, -0.05) is 13.0 Å². The molecule has 0 bridgehead atoms. The van der Waals surface area contributed by atoms with Crippen molar-refractivity contribution in [3.63, 3.8) is 0 Å². The van der Waals surface area contributed by atoms with Gasteiger partial charge < -0.3 is 9.97 Å². The van der Waals surface area contributed by atoms with Gasteiger partial charge in [0.15, 0.2) is 0 Å². The predicted molar refractivity (Wildman–Crippen MR) is 75.5 cm³/mol. The number of halogens is 3. The van der Waals surface area contributed by atoms with Crippen LogP contribution in [0, 0.1) is 6.92 Å². The zero-order valence-corrected chi connectivity index (χ0v) is 11.5. The van der Waals surface area contributed by atoms with E-state index in [0.29, 0.717) is 18.0 Å². The molecule has 0 saturated carbocycles. The van der Waals surface area contributed by atoms with Crippen molar-refractivity contribution < 1.29 is 13.2 Å². The van der Waals surface area contributed by atoms with Gasteiger partial charge in [-0.25, -0.2) is 0 Å². The van der Waals surface area contributed by atoms with Crippen LogP contribution in [-0.4, -0.2) is 9.97 Å². The average Bonchev–Trinajstić information content (AvgIpc) is 2.73. The molecule has 0 atom stereocenters. The van der Waals surface area contributed by atoms with Crippen molar-refractivity contribution in [1.82, 2.24) is 9.97 Å². The highest BCUT2D eigenvalue weighted by Crippen LogP contribution is 2.37. The molecule has 3 rings (SSSR count). The summed E-state index contributed by atoms with van der Waals surface area (Å²) in [5.74, 6) is 0. The Hall–Kier alpha value is -2.24. The van der Waals surface area contributed by atoms with E-state index in [1.54, 1.807) is 6.07 Å². The maximum absolute atomic E-state index is 13.2. The fraction of sp³-hybridized carbons (Fsp3) is 0.267. The summed E-state index contributed by atoms with van der Waals surface area (Å²) in [6.07, 6.45) is -3.88. The van der Waals surface area contributed by atoms with Crippen LogP contribution in [0.15, 0.2) is 23.0 Å². The highest BCUT2D eigenvalue weighted by Gasteiger charge is 2.34. The van der Waals surface area contributed by atoms with Crippen molar-refractivity contribution in [2.45, 2.75) is 26.4 Å². The van der Waals surface area contributed by atoms with Crippen LogP contribution in [0.1, 0.15) is 23.7 Å². The van der Waals surface area contributed by atoms with Crippen LogP contribution in [-0.2, 0) is 12.6 Å². The van der Waals surface area contributed by atoms with E-state index in [0.717, 1.165) is 16.6 Å². The van der Waals surface area contributed by atoms with Crippen LogP contribution >= 0.6 is 0 Å². The van der Waals surface area contributed by atoms with Gasteiger partial charge in [0.25, 0.3) is 0 Å². The molecule has 0 aliphatic heterocycles. The molecule has 0 radical (unpaired) electrons. The van der Waals surface area contributed by atoms with E-state index in [1.165, 1.54) is 6.07 Å². The molecule has 3 nitrogen and oxygen atoms in total. The number of aryl methyl sites for hydroxylation is 2. The van der Waals surface area contributed by atoms with Crippen molar-refractivity contribution in [2.75, 3.05) is 0 Å². The Labute approximate surface area is 117 Å². The predicted octanol–water partition coefficient (Wildman–Crippen LogP) is 3.90. The Morgan fingerprint density at radius 3 is 2.52 bits per heavy atom. The number of hydrogen-bond acceptors (Lipinski definition) is 1. The molecule has 110 valence electrons. The maximum Gasteiger partial charge on any atom is 0.417 e. The third-order valence-corrected chi connectivity index (χ3v) is 3.80. The Morgan fingerprint density at radius 1 is 1.19 bits per heavy atom. The number of aromatic nitrogens is 2. The van der Waals surface area contributed by atoms with E-state index in [4.69, 9.17) is 0 Å². The molecule has 2 N–H and O–H groups in total. The van der Waals surface area contributed by atoms with Crippen molar-refractivity contribution in [2.24, 2.45) is 0 Å². The van der Waals surface area contributed by atoms with Crippen LogP contribution < -0.4 is 5.56 Å². The lowest BCUT2D eigenvalue weighted by Crippen LogP contribution is -2.14. The molecule has 0 unspecified atom stereocenters. The third kappa shape index (κ3) is 2.02. The first-order valence-electron chi connectivity index (χ1n) is 6.57. The monoisotopic (exact) mass is 294 g/mol. The Bertz CT molecular complexity index is 903. The van der Waals surface area contributed by atoms with Gasteiger partial charge in [0.2, 0.25) is 5.56 Å². The second kappa shape index (κ2) is 4.38. The summed E-state index contributed by atoms with van der Waals surface area (Å²) in [5.41, 5.74) is 0.783. The Kier molecular flexibility index (Phi) is 2.86. The highest BCUT2D eigenvalue weighted by molar-refractivity contribution is 6.07. The normalized spacial score (nSPS) is 12.4. The maximum atomic E-state index is 13.2. The molecule has 3 aromatic rings. The number of pyridine rings is 1. The number of nitrogens with one attached hydrogen (secondary N) is 2. The molecular weight excluding hydrogens is 281 g/mol. The van der Waals surface area contributed by atoms with Gasteiger partial charge in [-0.2, -0.15) is 13.2 Å². The molecule has 2 heterocycles. The number of fused-ring (bicyclic) bond motifs is 3. The molecule has 6 heteroatoms. The van der Waals surface area contributed by atoms with Crippen molar-refractivity contribution in [1.29, 1.82) is 0 Å². The summed E-state index contributed by atoms with van der Waals surface area (Å²) in [6, 6.07) is 3.87. The first-order valence-corrected chi connectivity index (χ1v) is 6.57. The summed E-state index contributed by atoms with van der Waals surface area (Å²) >= 11 is 0. The smallest absolute Gasteiger partial charge is 0.358 e. The molecular formula is C15H13F3N2O. The quantitative estimate of drug-likeness (QED) is 0.702. The number of aromatic amines is 2. The lowest BCUT2D eigenvalue weighted by Gasteiger charge is -2.10. The fourth-order valence-electron chi connectivity index (χ4n) is 2.79. The zero-order valence-electron chi connectivity index (χ0n) is 11.5. The number of H-pyrrole nitrogens is 2. The molecule has 0 fully saturated rings. The summed E-state index contributed by atoms with van der Waals surface area (Å²) in [7, 11) is 0. The van der Waals surface area contributed by atoms with Gasteiger partial charge in [-0.15, -0.1) is 0 Å². The molecule has 0 spiro atoms. The van der Waals surface area contributed by atoms with E-state index < -0.39 is 17.3 Å². The fourth-order valence-corrected chi connectivity index (χ4v) is 2.79. The van der Waals surface area contributed by atoms with Gasteiger partial charge in [0.1, 0.15) is 0 Å². The highest BCUT2D eigenvalue weighted by atomic mass is 19.4. The molecule has 2 aromatic heterocycles. The van der Waals surface area contributed by atoms with Crippen molar-refractivity contribution >= 4 is 21.8 Å². The molecule has 0 amide bonds. The molecule has 21 heavy (non-hydrogen) atoms. The number of rotatable bonds is 1. The lowest BCUT2D eigenvalue weighted by molar-refractivity contribution is -0.136. The van der Waals surface area contributed by atoms with Crippen LogP contribution in [0.4, 0.5) is 13.2 Å². The Morgan fingerprint density at radius 2 is 1.90 bits per heavy atom. The van der Waals surface area contributed by atoms with Gasteiger partial charge in [-0.3, -0.25) is 4.79 Å². The first kappa shape index (κ1) is 13.7. The van der Waals surface area contributed by atoms with Gasteiger partial charge in [0, 0.05) is 22.5 Å². The average molecular weight is 294 g/mol. The van der Waals surface area contributed by atoms with Crippen LogP contribution in [0.2, 0.25) is 0 Å². The SMILES string of the molecule is CCc1[nH]c2c(ccc3[nH]c(=O)cc(C(F)(F)F)c32)c1C. The van der Waals surface area contributed by atoms with E-state index in [1.807, 2.05) is 13.8 Å². The largest absolute Gasteiger partial charge is 0.417 e. The van der Waals surface area contributed by atoms with E-state index in [9.17, 15) is 18.0 Å². The molecule has 1 aromatic carbocycles. The van der Waals surface area contributed by atoms with Crippen LogP contribution in [0.3, 0.4) is 0 Å². The standard InChI is InChI=1S/C15H13F3N2O/c1-3-10-7(2)8-4-5-11-13(14(8)20-10)9(15(16,17)18)6-12(21)19-11/h4-6,20H,3H2,1-2H3,(H,19,21). The lowest BCUT2D eigenvalue weighted by atomic mass is 10.0. The summed E-state index contributed by atoms with van der Waals surface area (Å²) in [4.78, 5) is 17.0. The van der Waals surface area contributed by atoms with Crippen molar-refractivity contribution in [3.05, 3.63) is 45.4 Å². The second-order valence-corrected chi connectivity index (χ2v) is 5.04. The second-order valence-electron chi connectivity index (χ2n) is 5.04. The van der Waals surface area contributed by atoms with Crippen molar-refractivity contribution in [3.8, 4) is 0 Å². The van der Waals surface area contributed by atoms with E-state index in [2.05, 4.69) is 9.97 Å². The third-order valence-electron chi connectivity index (χ3n) is 3.80. The van der Waals surface area contributed by atoms with Crippen LogP contribution in [0.25, 0.3) is 21.8 Å². The minimum Gasteiger partial charge on any atom is -0.358 e. The zero-order chi connectivity index (χ0) is 15.4. The molecule has 0 aliphatic carbocycles. The van der Waals surface area contributed by atoms with Gasteiger partial charge >= 0.3 is 6.18 Å². The van der Waals surface area contributed by atoms with E-state index in [-0.39, 0.29) is 10.9 Å². The minimum atomic E-state index is -4.58. The topological polar surface area (TPSA) is 48.6 Å². The number of hydrogen-bond donors (Lipinski definition) is 2. The molecule has 0 saturated heterocycles. The molecule has 0 aliphatic rings. The Balaban J connectivity index is 2.57. The first-order chi connectivity index (χ1) is 9.82. The summed E-state index contributed by atoms with van der Waals surface area (Å²) in [5, 5.41) is 0.763. The summed E-state index contributed by atoms with van der Waals surface area (Å²) < 4.78 is 39.7. The van der Waals surface area contributed by atoms with E-state index >= 15 is 0 Å². The minimum absolute atomic E-state index is 0.0161. The van der Waals surface area contributed by atoms with Gasteiger partial charge in [-0.05, 0) is 25.0 Å². The van der Waals surface area contributed by atoms with Crippen LogP contribution in [0.5, 0.6) is 0 Å². The van der Waals surface area contributed by atoms with Gasteiger partial charge in [0.05, 0.1) is 16.6 Å².